The Morgan fingerprint density at radius 2 is 0.911 bits per heavy atom. The Morgan fingerprint density at radius 3 is 1.29 bits per heavy atom. The van der Waals surface area contributed by atoms with Gasteiger partial charge in [-0.25, -0.2) is 4.79 Å². The van der Waals surface area contributed by atoms with E-state index >= 15 is 0 Å². The minimum Gasteiger partial charge on any atom is -0.446 e. The molecule has 0 fully saturated rings. The molecular weight excluding hydrogens is 558 g/mol. The molecule has 0 spiro atoms. The topological polar surface area (TPSA) is 56.8 Å². The zero-order valence-corrected chi connectivity index (χ0v) is 31.7. The van der Waals surface area contributed by atoms with Crippen molar-refractivity contribution in [1.29, 1.82) is 0 Å². The Hall–Kier alpha value is -0.810. The first-order valence-corrected chi connectivity index (χ1v) is 19.8. The van der Waals surface area contributed by atoms with E-state index in [0.29, 0.717) is 19.8 Å². The van der Waals surface area contributed by atoms with Crippen molar-refractivity contribution in [3.05, 3.63) is 0 Å². The first-order chi connectivity index (χ1) is 21.6. The maximum Gasteiger partial charge on any atom is 0.407 e. The summed E-state index contributed by atoms with van der Waals surface area (Å²) in [5.74, 6) is 0. The van der Waals surface area contributed by atoms with E-state index in [1.807, 2.05) is 0 Å². The van der Waals surface area contributed by atoms with Gasteiger partial charge in [0.15, 0.2) is 0 Å². The Balaban J connectivity index is 4.25. The second kappa shape index (κ2) is 30.5. The average Bonchev–Trinajstić information content (AvgIpc) is 2.98. The molecule has 5 heteroatoms. The first-order valence-electron chi connectivity index (χ1n) is 19.8. The number of amides is 1. The predicted octanol–water partition coefficient (Wildman–Crippen LogP) is 12.9. The quantitative estimate of drug-likeness (QED) is 0.0726. The summed E-state index contributed by atoms with van der Waals surface area (Å²) in [4.78, 5) is 12.7. The van der Waals surface area contributed by atoms with Crippen LogP contribution in [-0.4, -0.2) is 43.2 Å². The number of unbranched alkanes of at least 4 members (excludes halogenated alkanes) is 21. The van der Waals surface area contributed by atoms with E-state index in [4.69, 9.17) is 14.2 Å². The fourth-order valence-corrected chi connectivity index (χ4v) is 5.75. The molecule has 0 aliphatic rings. The lowest BCUT2D eigenvalue weighted by Crippen LogP contribution is -2.36. The molecule has 45 heavy (non-hydrogen) atoms. The average molecular weight is 640 g/mol. The second-order valence-corrected chi connectivity index (χ2v) is 15.3. The van der Waals surface area contributed by atoms with Crippen LogP contribution in [0.1, 0.15) is 215 Å². The Morgan fingerprint density at radius 1 is 0.533 bits per heavy atom. The van der Waals surface area contributed by atoms with Crippen LogP contribution in [0.4, 0.5) is 4.79 Å². The van der Waals surface area contributed by atoms with Crippen molar-refractivity contribution in [2.45, 2.75) is 233 Å². The number of carbonyl (C=O) groups is 1. The van der Waals surface area contributed by atoms with Crippen LogP contribution in [0, 0.1) is 0 Å². The summed E-state index contributed by atoms with van der Waals surface area (Å²) in [6, 6.07) is 0. The van der Waals surface area contributed by atoms with Crippen LogP contribution < -0.4 is 5.32 Å². The summed E-state index contributed by atoms with van der Waals surface area (Å²) in [6.07, 6.45) is 33.5. The molecule has 1 amide bonds. The van der Waals surface area contributed by atoms with Gasteiger partial charge in [-0.05, 0) is 66.7 Å². The number of hydrogen-bond acceptors (Lipinski definition) is 4. The molecule has 0 bridgehead atoms. The van der Waals surface area contributed by atoms with Crippen LogP contribution >= 0.6 is 0 Å². The monoisotopic (exact) mass is 640 g/mol. The largest absolute Gasteiger partial charge is 0.446 e. The molecular formula is C40H81NO4. The first kappa shape index (κ1) is 44.2. The fraction of sp³-hybridized carbons (Fsp3) is 0.975. The zero-order valence-electron chi connectivity index (χ0n) is 31.7. The summed E-state index contributed by atoms with van der Waals surface area (Å²) in [7, 11) is 0. The van der Waals surface area contributed by atoms with Gasteiger partial charge in [-0.3, -0.25) is 0 Å². The summed E-state index contributed by atoms with van der Waals surface area (Å²) >= 11 is 0. The van der Waals surface area contributed by atoms with Gasteiger partial charge < -0.3 is 19.5 Å². The van der Waals surface area contributed by atoms with E-state index in [1.54, 1.807) is 0 Å². The van der Waals surface area contributed by atoms with Gasteiger partial charge in [0, 0.05) is 13.2 Å². The Labute approximate surface area is 282 Å². The normalized spacial score (nSPS) is 12.9. The maximum atomic E-state index is 12.7. The summed E-state index contributed by atoms with van der Waals surface area (Å²) < 4.78 is 17.9. The number of carbonyl (C=O) groups excluding carboxylic acids is 1. The van der Waals surface area contributed by atoms with Gasteiger partial charge in [-0.2, -0.15) is 0 Å². The summed E-state index contributed by atoms with van der Waals surface area (Å²) in [5, 5.41) is 2.97. The number of nitrogens with one attached hydrogen (secondary N) is 1. The van der Waals surface area contributed by atoms with Gasteiger partial charge in [0.2, 0.25) is 0 Å². The van der Waals surface area contributed by atoms with Crippen molar-refractivity contribution in [2.75, 3.05) is 19.8 Å². The summed E-state index contributed by atoms with van der Waals surface area (Å²) in [5.41, 5.74) is -0.523. The molecule has 270 valence electrons. The third-order valence-corrected chi connectivity index (χ3v) is 8.72. The maximum absolute atomic E-state index is 12.7. The van der Waals surface area contributed by atoms with E-state index in [-0.39, 0.29) is 23.4 Å². The highest BCUT2D eigenvalue weighted by Gasteiger charge is 2.22. The highest BCUT2D eigenvalue weighted by molar-refractivity contribution is 5.67. The number of ether oxygens (including phenoxy) is 3. The molecule has 0 saturated heterocycles. The minimum atomic E-state index is -0.345. The zero-order chi connectivity index (χ0) is 33.5. The standard InChI is InChI=1S/C40H81NO4/c1-8-10-12-14-16-18-20-22-24-26-28-30-33-37(32-29-27-25-23-21-19-17-15-13-11-9-2)45-38(42)41-34-31-35-43-40(6,7)36-44-39(3,4)5/h37H,8-36H2,1-7H3,(H,41,42). The van der Waals surface area contributed by atoms with Crippen LogP contribution in [0.25, 0.3) is 0 Å². The van der Waals surface area contributed by atoms with Crippen molar-refractivity contribution in [1.82, 2.24) is 5.32 Å². The third kappa shape index (κ3) is 34.3. The van der Waals surface area contributed by atoms with E-state index in [0.717, 1.165) is 32.1 Å². The molecule has 1 atom stereocenters. The lowest BCUT2D eigenvalue weighted by molar-refractivity contribution is -0.114. The van der Waals surface area contributed by atoms with Crippen molar-refractivity contribution < 1.29 is 19.0 Å². The molecule has 5 nitrogen and oxygen atoms in total. The molecule has 1 N–H and O–H groups in total. The van der Waals surface area contributed by atoms with Crippen molar-refractivity contribution in [2.24, 2.45) is 0 Å². The Kier molecular flexibility index (Phi) is 30.0. The molecule has 0 heterocycles. The molecule has 0 aliphatic carbocycles. The molecule has 0 saturated carbocycles. The van der Waals surface area contributed by atoms with Gasteiger partial charge in [0.25, 0.3) is 0 Å². The Bertz CT molecular complexity index is 630. The molecule has 0 aromatic carbocycles. The van der Waals surface area contributed by atoms with Crippen LogP contribution in [0.2, 0.25) is 0 Å². The van der Waals surface area contributed by atoms with Crippen molar-refractivity contribution >= 4 is 6.09 Å². The third-order valence-electron chi connectivity index (χ3n) is 8.72. The number of hydrogen-bond donors (Lipinski definition) is 1. The molecule has 0 aromatic rings. The van der Waals surface area contributed by atoms with Gasteiger partial charge in [0.1, 0.15) is 6.10 Å². The summed E-state index contributed by atoms with van der Waals surface area (Å²) in [6.45, 7) is 16.5. The van der Waals surface area contributed by atoms with Gasteiger partial charge in [-0.15, -0.1) is 0 Å². The van der Waals surface area contributed by atoms with Crippen LogP contribution in [-0.2, 0) is 14.2 Å². The van der Waals surface area contributed by atoms with Crippen molar-refractivity contribution in [3.8, 4) is 0 Å². The minimum absolute atomic E-state index is 0.0383. The SMILES string of the molecule is CCCCCCCCCCCCCCC(CCCCCCCCCCCCC)OC(=O)NCCCOC(C)(C)COC(C)(C)C. The highest BCUT2D eigenvalue weighted by Crippen LogP contribution is 2.19. The van der Waals surface area contributed by atoms with Crippen molar-refractivity contribution in [3.63, 3.8) is 0 Å². The lowest BCUT2D eigenvalue weighted by atomic mass is 10.0. The van der Waals surface area contributed by atoms with Gasteiger partial charge in [0.05, 0.1) is 17.8 Å². The van der Waals surface area contributed by atoms with Gasteiger partial charge >= 0.3 is 6.09 Å². The molecule has 0 aliphatic heterocycles. The second-order valence-electron chi connectivity index (χ2n) is 15.3. The van der Waals surface area contributed by atoms with Crippen LogP contribution in [0.15, 0.2) is 0 Å². The molecule has 1 unspecified atom stereocenters. The fourth-order valence-electron chi connectivity index (χ4n) is 5.75. The molecule has 0 radical (unpaired) electrons. The smallest absolute Gasteiger partial charge is 0.407 e. The predicted molar refractivity (Wildman–Crippen MR) is 195 cm³/mol. The number of alkyl carbamates (subject to hydrolysis) is 1. The lowest BCUT2D eigenvalue weighted by Gasteiger charge is -2.30. The van der Waals surface area contributed by atoms with E-state index in [9.17, 15) is 4.79 Å². The van der Waals surface area contributed by atoms with Gasteiger partial charge in [-0.1, -0.05) is 149 Å². The van der Waals surface area contributed by atoms with E-state index in [2.05, 4.69) is 53.8 Å². The van der Waals surface area contributed by atoms with Crippen LogP contribution in [0.5, 0.6) is 0 Å². The highest BCUT2D eigenvalue weighted by atomic mass is 16.6. The molecule has 0 rings (SSSR count). The van der Waals surface area contributed by atoms with Crippen LogP contribution in [0.3, 0.4) is 0 Å². The number of rotatable bonds is 33. The van der Waals surface area contributed by atoms with E-state index in [1.165, 1.54) is 135 Å². The van der Waals surface area contributed by atoms with E-state index < -0.39 is 0 Å². The molecule has 0 aromatic heterocycles.